The maximum Gasteiger partial charge on any atom is 0.00944 e. The van der Waals surface area contributed by atoms with Gasteiger partial charge in [0.25, 0.3) is 0 Å². The summed E-state index contributed by atoms with van der Waals surface area (Å²) >= 11 is 7.71. The summed E-state index contributed by atoms with van der Waals surface area (Å²) in [7, 11) is -0.770. The Morgan fingerprint density at radius 3 is 1.24 bits per heavy atom. The van der Waals surface area contributed by atoms with E-state index in [1.807, 2.05) is 0 Å². The van der Waals surface area contributed by atoms with Crippen molar-refractivity contribution >= 4 is 35.8 Å². The SMILES string of the molecule is CCCCP(=S)(c1c(C(C)(C)C)cc(C(C)(C)C)cc1C(C)(C)C)P(CCc1ccccc1)c1c(C(C)(C)C)cc(C(C)(C)C)cc1C(C)(C)C. The van der Waals surface area contributed by atoms with Gasteiger partial charge in [0.2, 0.25) is 0 Å². The summed E-state index contributed by atoms with van der Waals surface area (Å²) in [6, 6.07) is 21.7. The first-order valence-electron chi connectivity index (χ1n) is 19.7. The van der Waals surface area contributed by atoms with Gasteiger partial charge in [-0.2, -0.15) is 0 Å². The van der Waals surface area contributed by atoms with Crippen LogP contribution in [0.2, 0.25) is 0 Å². The fraction of sp³-hybridized carbons (Fsp3) is 0.625. The average molecular weight is 747 g/mol. The van der Waals surface area contributed by atoms with Crippen LogP contribution in [-0.4, -0.2) is 12.3 Å². The Morgan fingerprint density at radius 2 is 0.902 bits per heavy atom. The number of aryl methyl sites for hydroxylation is 1. The van der Waals surface area contributed by atoms with Crippen molar-refractivity contribution in [1.82, 2.24) is 0 Å². The Morgan fingerprint density at radius 1 is 0.529 bits per heavy atom. The zero-order valence-electron chi connectivity index (χ0n) is 36.5. The minimum absolute atomic E-state index is 0.0232. The first kappa shape index (κ1) is 44.1. The van der Waals surface area contributed by atoms with E-state index >= 15 is 0 Å². The topological polar surface area (TPSA) is 0 Å². The molecule has 0 N–H and O–H groups in total. The summed E-state index contributed by atoms with van der Waals surface area (Å²) in [4.78, 5) is 0. The third-order valence-electron chi connectivity index (χ3n) is 10.5. The van der Waals surface area contributed by atoms with Crippen molar-refractivity contribution in [2.24, 2.45) is 0 Å². The van der Waals surface area contributed by atoms with Crippen molar-refractivity contribution in [3.63, 3.8) is 0 Å². The quantitative estimate of drug-likeness (QED) is 0.197. The van der Waals surface area contributed by atoms with Crippen LogP contribution >= 0.6 is 13.3 Å². The standard InChI is InChI=1S/C48H76P2S/c1-20-21-29-50(51,42-39(47(14,15)16)32-36(44(5,6)7)33-40(42)48(17,18)19)49(28-27-34-25-23-22-24-26-34)41-37(45(8,9)10)30-35(43(2,3)4)31-38(41)46(11,12)13/h22-26,30-33H,20-21,27-29H2,1-19H3. The first-order valence-corrected chi connectivity index (χ1v) is 25.0. The molecule has 0 heterocycles. The van der Waals surface area contributed by atoms with E-state index in [2.05, 4.69) is 186 Å². The van der Waals surface area contributed by atoms with Crippen molar-refractivity contribution in [2.75, 3.05) is 12.3 Å². The molecule has 0 amide bonds. The Kier molecular flexibility index (Phi) is 13.4. The Bertz CT molecular complexity index is 1610. The van der Waals surface area contributed by atoms with Crippen LogP contribution < -0.4 is 10.6 Å². The molecular formula is C48H76P2S. The second kappa shape index (κ2) is 15.5. The molecule has 3 heteroatoms. The smallest absolute Gasteiger partial charge is 0.00944 e. The zero-order chi connectivity index (χ0) is 39.2. The molecule has 0 spiro atoms. The predicted octanol–water partition coefficient (Wildman–Crippen LogP) is 14.3. The van der Waals surface area contributed by atoms with E-state index in [-0.39, 0.29) is 32.5 Å². The summed E-state index contributed by atoms with van der Waals surface area (Å²) < 4.78 is 0. The van der Waals surface area contributed by atoms with Crippen LogP contribution in [0.1, 0.15) is 183 Å². The molecule has 2 atom stereocenters. The predicted molar refractivity (Wildman–Crippen MR) is 240 cm³/mol. The van der Waals surface area contributed by atoms with Crippen molar-refractivity contribution in [2.45, 2.75) is 183 Å². The van der Waals surface area contributed by atoms with Crippen LogP contribution in [0.25, 0.3) is 0 Å². The fourth-order valence-corrected chi connectivity index (χ4v) is 20.7. The third kappa shape index (κ3) is 10.5. The second-order valence-corrected chi connectivity index (χ2v) is 31.6. The molecule has 0 bridgehead atoms. The molecule has 0 nitrogen and oxygen atoms in total. The van der Waals surface area contributed by atoms with Crippen LogP contribution in [0, 0.1) is 0 Å². The highest BCUT2D eigenvalue weighted by molar-refractivity contribution is 8.57. The monoisotopic (exact) mass is 747 g/mol. The minimum atomic E-state index is -2.25. The Labute approximate surface area is 323 Å². The number of rotatable bonds is 9. The molecule has 0 aliphatic carbocycles. The van der Waals surface area contributed by atoms with Crippen LogP contribution in [0.3, 0.4) is 0 Å². The normalized spacial score (nSPS) is 15.5. The molecule has 3 aromatic carbocycles. The highest BCUT2D eigenvalue weighted by Crippen LogP contribution is 2.77. The van der Waals surface area contributed by atoms with Gasteiger partial charge >= 0.3 is 0 Å². The highest BCUT2D eigenvalue weighted by atomic mass is 32.6. The number of unbranched alkanes of at least 4 members (excludes halogenated alkanes) is 1. The van der Waals surface area contributed by atoms with Gasteiger partial charge < -0.3 is 0 Å². The van der Waals surface area contributed by atoms with Crippen molar-refractivity contribution in [3.8, 4) is 0 Å². The van der Waals surface area contributed by atoms with Gasteiger partial charge in [-0.1, -0.05) is 204 Å². The summed E-state index contributed by atoms with van der Waals surface area (Å²) in [6.07, 6.45) is 5.63. The van der Waals surface area contributed by atoms with E-state index in [0.29, 0.717) is 0 Å². The minimum Gasteiger partial charge on any atom is -0.0874 e. The van der Waals surface area contributed by atoms with E-state index in [1.54, 1.807) is 10.6 Å². The molecule has 0 saturated carbocycles. The summed E-state index contributed by atoms with van der Waals surface area (Å²) in [5.74, 6) is 0. The molecule has 0 aromatic heterocycles. The van der Waals surface area contributed by atoms with Crippen molar-refractivity contribution < 1.29 is 0 Å². The lowest BCUT2D eigenvalue weighted by molar-refractivity contribution is 0.552. The molecule has 0 aliphatic heterocycles. The molecule has 284 valence electrons. The zero-order valence-corrected chi connectivity index (χ0v) is 39.1. The largest absolute Gasteiger partial charge is 0.0874 e. The third-order valence-corrected chi connectivity index (χ3v) is 22.6. The van der Waals surface area contributed by atoms with E-state index in [0.717, 1.165) is 25.2 Å². The van der Waals surface area contributed by atoms with Gasteiger partial charge in [0.05, 0.1) is 0 Å². The van der Waals surface area contributed by atoms with Crippen LogP contribution in [-0.2, 0) is 50.7 Å². The molecule has 0 radical (unpaired) electrons. The molecule has 2 unspecified atom stereocenters. The van der Waals surface area contributed by atoms with Gasteiger partial charge in [-0.05, 0) is 115 Å². The number of benzene rings is 3. The average Bonchev–Trinajstić information content (AvgIpc) is 2.97. The first-order chi connectivity index (χ1) is 22.9. The molecule has 0 saturated heterocycles. The van der Waals surface area contributed by atoms with Crippen molar-refractivity contribution in [3.05, 3.63) is 93.5 Å². The van der Waals surface area contributed by atoms with Gasteiger partial charge in [-0.3, -0.25) is 0 Å². The lowest BCUT2D eigenvalue weighted by atomic mass is 9.75. The molecular weight excluding hydrogens is 671 g/mol. The summed E-state index contributed by atoms with van der Waals surface area (Å²) in [6.45, 7) is 46.0. The number of hydrogen-bond acceptors (Lipinski definition) is 1. The number of hydrogen-bond donors (Lipinski definition) is 0. The van der Waals surface area contributed by atoms with E-state index < -0.39 is 13.3 Å². The lowest BCUT2D eigenvalue weighted by Crippen LogP contribution is -2.36. The van der Waals surface area contributed by atoms with Crippen LogP contribution in [0.5, 0.6) is 0 Å². The summed E-state index contributed by atoms with van der Waals surface area (Å²) in [5.41, 5.74) is 8.12. The fourth-order valence-electron chi connectivity index (χ4n) is 7.12. The van der Waals surface area contributed by atoms with E-state index in [1.165, 1.54) is 45.4 Å². The maximum atomic E-state index is 7.71. The van der Waals surface area contributed by atoms with E-state index in [4.69, 9.17) is 11.8 Å². The van der Waals surface area contributed by atoms with Crippen LogP contribution in [0.4, 0.5) is 0 Å². The van der Waals surface area contributed by atoms with Gasteiger partial charge in [0.1, 0.15) is 0 Å². The maximum absolute atomic E-state index is 7.71. The van der Waals surface area contributed by atoms with Gasteiger partial charge in [0.15, 0.2) is 0 Å². The molecule has 51 heavy (non-hydrogen) atoms. The molecule has 3 rings (SSSR count). The van der Waals surface area contributed by atoms with E-state index in [9.17, 15) is 0 Å². The van der Waals surface area contributed by atoms with Gasteiger partial charge in [-0.15, -0.1) is 0 Å². The lowest BCUT2D eigenvalue weighted by Gasteiger charge is -2.44. The Balaban J connectivity index is 2.74. The highest BCUT2D eigenvalue weighted by Gasteiger charge is 2.43. The molecule has 0 fully saturated rings. The van der Waals surface area contributed by atoms with Gasteiger partial charge in [-0.25, -0.2) is 0 Å². The Hall–Kier alpha value is -1.26. The second-order valence-electron chi connectivity index (χ2n) is 21.5. The molecule has 0 aliphatic rings. The molecule has 3 aromatic rings. The van der Waals surface area contributed by atoms with Crippen molar-refractivity contribution in [1.29, 1.82) is 0 Å². The summed E-state index contributed by atoms with van der Waals surface area (Å²) in [5, 5.41) is 3.21. The van der Waals surface area contributed by atoms with Gasteiger partial charge in [0, 0.05) is 5.73 Å². The van der Waals surface area contributed by atoms with Crippen LogP contribution in [0.15, 0.2) is 54.6 Å².